The molecule has 2 aromatic carbocycles. The summed E-state index contributed by atoms with van der Waals surface area (Å²) in [5, 5.41) is 2.22. The first-order valence-corrected chi connectivity index (χ1v) is 6.13. The van der Waals surface area contributed by atoms with Gasteiger partial charge >= 0.3 is 0 Å². The maximum atomic E-state index is 5.86. The van der Waals surface area contributed by atoms with Gasteiger partial charge in [-0.2, -0.15) is 0 Å². The molecule has 3 heteroatoms. The van der Waals surface area contributed by atoms with Gasteiger partial charge in [0.25, 0.3) is 0 Å². The smallest absolute Gasteiger partial charge is 0.219 e. The molecule has 0 aliphatic heterocycles. The van der Waals surface area contributed by atoms with Crippen molar-refractivity contribution in [2.45, 2.75) is 6.92 Å². The number of aryl methyl sites for hydroxylation is 1. The molecule has 0 saturated heterocycles. The number of aromatic nitrogens is 1. The van der Waals surface area contributed by atoms with Crippen LogP contribution in [0.1, 0.15) is 5.69 Å². The number of nitrogens with zero attached hydrogens (tertiary/aromatic N) is 1. The number of nitrogens with two attached hydrogens (primary N) is 1. The zero-order chi connectivity index (χ0) is 13.2. The third kappa shape index (κ3) is 2.22. The fourth-order valence-corrected chi connectivity index (χ4v) is 2.00. The standard InChI is InChI=1S/C16H14N2O/c1-11-14(17)9-10-16(18-11)19-15-8-4-6-12-5-2-3-7-13(12)15/h2-10H,17H2,1H3. The number of hydrogen-bond donors (Lipinski definition) is 1. The number of ether oxygens (including phenoxy) is 1. The normalized spacial score (nSPS) is 10.6. The Morgan fingerprint density at radius 1 is 0.947 bits per heavy atom. The van der Waals surface area contributed by atoms with Gasteiger partial charge in [-0.25, -0.2) is 4.98 Å². The molecule has 1 heterocycles. The summed E-state index contributed by atoms with van der Waals surface area (Å²) in [5.74, 6) is 1.36. The lowest BCUT2D eigenvalue weighted by molar-refractivity contribution is 0.467. The summed E-state index contributed by atoms with van der Waals surface area (Å²) in [7, 11) is 0. The highest BCUT2D eigenvalue weighted by molar-refractivity contribution is 5.88. The van der Waals surface area contributed by atoms with Crippen LogP contribution in [0, 0.1) is 6.92 Å². The minimum atomic E-state index is 0.558. The molecule has 0 radical (unpaired) electrons. The minimum absolute atomic E-state index is 0.558. The van der Waals surface area contributed by atoms with E-state index < -0.39 is 0 Å². The highest BCUT2D eigenvalue weighted by atomic mass is 16.5. The molecule has 0 fully saturated rings. The fraction of sp³-hybridized carbons (Fsp3) is 0.0625. The first kappa shape index (κ1) is 11.5. The summed E-state index contributed by atoms with van der Waals surface area (Å²) in [6.07, 6.45) is 0. The molecule has 2 N–H and O–H groups in total. The van der Waals surface area contributed by atoms with Gasteiger partial charge in [0.1, 0.15) is 5.75 Å². The van der Waals surface area contributed by atoms with Gasteiger partial charge in [-0.3, -0.25) is 0 Å². The van der Waals surface area contributed by atoms with Gasteiger partial charge in [0, 0.05) is 11.5 Å². The number of anilines is 1. The van der Waals surface area contributed by atoms with Crippen LogP contribution < -0.4 is 10.5 Å². The predicted octanol–water partition coefficient (Wildman–Crippen LogP) is 3.92. The van der Waals surface area contributed by atoms with Gasteiger partial charge in [-0.05, 0) is 24.4 Å². The number of pyridine rings is 1. The molecule has 0 saturated carbocycles. The average molecular weight is 250 g/mol. The first-order valence-electron chi connectivity index (χ1n) is 6.13. The molecule has 0 unspecified atom stereocenters. The highest BCUT2D eigenvalue weighted by Gasteiger charge is 2.05. The molecular formula is C16H14N2O. The highest BCUT2D eigenvalue weighted by Crippen LogP contribution is 2.29. The summed E-state index contributed by atoms with van der Waals surface area (Å²) in [6.45, 7) is 1.87. The van der Waals surface area contributed by atoms with Crippen LogP contribution in [0.25, 0.3) is 10.8 Å². The maximum absolute atomic E-state index is 5.86. The lowest BCUT2D eigenvalue weighted by Crippen LogP contribution is -1.95. The van der Waals surface area contributed by atoms with Gasteiger partial charge in [0.2, 0.25) is 5.88 Å². The van der Waals surface area contributed by atoms with Crippen molar-refractivity contribution in [1.82, 2.24) is 4.98 Å². The largest absolute Gasteiger partial charge is 0.438 e. The summed E-state index contributed by atoms with van der Waals surface area (Å²) in [6, 6.07) is 17.7. The molecule has 19 heavy (non-hydrogen) atoms. The van der Waals surface area contributed by atoms with Gasteiger partial charge in [0.05, 0.1) is 11.4 Å². The maximum Gasteiger partial charge on any atom is 0.219 e. The number of benzene rings is 2. The topological polar surface area (TPSA) is 48.1 Å². The van der Waals surface area contributed by atoms with E-state index in [0.717, 1.165) is 22.2 Å². The summed E-state index contributed by atoms with van der Waals surface area (Å²) < 4.78 is 5.86. The van der Waals surface area contributed by atoms with Crippen LogP contribution in [0.15, 0.2) is 54.6 Å². The van der Waals surface area contributed by atoms with E-state index in [1.807, 2.05) is 43.3 Å². The van der Waals surface area contributed by atoms with Crippen molar-refractivity contribution in [3.63, 3.8) is 0 Å². The second-order valence-electron chi connectivity index (χ2n) is 4.40. The van der Waals surface area contributed by atoms with E-state index in [1.54, 1.807) is 6.07 Å². The van der Waals surface area contributed by atoms with Crippen molar-refractivity contribution in [2.24, 2.45) is 0 Å². The number of fused-ring (bicyclic) bond motifs is 1. The van der Waals surface area contributed by atoms with Crippen molar-refractivity contribution >= 4 is 16.5 Å². The molecule has 1 aromatic heterocycles. The Hall–Kier alpha value is -2.55. The average Bonchev–Trinajstić information content (AvgIpc) is 2.43. The van der Waals surface area contributed by atoms with Crippen LogP contribution in [0.5, 0.6) is 11.6 Å². The van der Waals surface area contributed by atoms with Crippen LogP contribution in [-0.2, 0) is 0 Å². The Morgan fingerprint density at radius 2 is 1.74 bits per heavy atom. The molecule has 0 bridgehead atoms. The lowest BCUT2D eigenvalue weighted by atomic mass is 10.1. The van der Waals surface area contributed by atoms with Crippen molar-refractivity contribution in [2.75, 3.05) is 5.73 Å². The van der Waals surface area contributed by atoms with E-state index in [2.05, 4.69) is 17.1 Å². The summed E-state index contributed by atoms with van der Waals surface area (Å²) in [4.78, 5) is 4.33. The second kappa shape index (κ2) is 4.61. The third-order valence-corrected chi connectivity index (χ3v) is 3.07. The first-order chi connectivity index (χ1) is 9.24. The number of rotatable bonds is 2. The van der Waals surface area contributed by atoms with Crippen LogP contribution >= 0.6 is 0 Å². The van der Waals surface area contributed by atoms with Crippen LogP contribution in [0.4, 0.5) is 5.69 Å². The SMILES string of the molecule is Cc1nc(Oc2cccc3ccccc23)ccc1N. The Kier molecular flexibility index (Phi) is 2.80. The van der Waals surface area contributed by atoms with Gasteiger partial charge in [-0.1, -0.05) is 36.4 Å². The van der Waals surface area contributed by atoms with Crippen molar-refractivity contribution in [3.05, 3.63) is 60.3 Å². The third-order valence-electron chi connectivity index (χ3n) is 3.07. The molecule has 0 amide bonds. The molecule has 0 atom stereocenters. The predicted molar refractivity (Wildman–Crippen MR) is 77.4 cm³/mol. The van der Waals surface area contributed by atoms with E-state index in [-0.39, 0.29) is 0 Å². The van der Waals surface area contributed by atoms with E-state index >= 15 is 0 Å². The molecule has 94 valence electrons. The number of nitrogen functional groups attached to an aromatic ring is 1. The Bertz CT molecular complexity index is 732. The molecule has 0 aliphatic rings. The molecule has 0 spiro atoms. The summed E-state index contributed by atoms with van der Waals surface area (Å²) in [5.41, 5.74) is 7.20. The van der Waals surface area contributed by atoms with Crippen molar-refractivity contribution in [3.8, 4) is 11.6 Å². The zero-order valence-electron chi connectivity index (χ0n) is 10.6. The molecule has 3 aromatic rings. The van der Waals surface area contributed by atoms with Gasteiger partial charge in [-0.15, -0.1) is 0 Å². The molecule has 0 aliphatic carbocycles. The van der Waals surface area contributed by atoms with E-state index in [0.29, 0.717) is 11.6 Å². The second-order valence-corrected chi connectivity index (χ2v) is 4.40. The Labute approximate surface area is 111 Å². The molecule has 3 rings (SSSR count). The van der Waals surface area contributed by atoms with Crippen LogP contribution in [0.3, 0.4) is 0 Å². The van der Waals surface area contributed by atoms with Crippen LogP contribution in [0.2, 0.25) is 0 Å². The van der Waals surface area contributed by atoms with Gasteiger partial charge < -0.3 is 10.5 Å². The Morgan fingerprint density at radius 3 is 2.58 bits per heavy atom. The quantitative estimate of drug-likeness (QED) is 0.750. The molecule has 3 nitrogen and oxygen atoms in total. The monoisotopic (exact) mass is 250 g/mol. The Balaban J connectivity index is 2.03. The fourth-order valence-electron chi connectivity index (χ4n) is 2.00. The van der Waals surface area contributed by atoms with Crippen LogP contribution in [-0.4, -0.2) is 4.98 Å². The summed E-state index contributed by atoms with van der Waals surface area (Å²) >= 11 is 0. The van der Waals surface area contributed by atoms with E-state index in [4.69, 9.17) is 10.5 Å². The molecular weight excluding hydrogens is 236 g/mol. The van der Waals surface area contributed by atoms with Crippen molar-refractivity contribution < 1.29 is 4.74 Å². The minimum Gasteiger partial charge on any atom is -0.438 e. The van der Waals surface area contributed by atoms with Gasteiger partial charge in [0.15, 0.2) is 0 Å². The van der Waals surface area contributed by atoms with Crippen molar-refractivity contribution in [1.29, 1.82) is 0 Å². The lowest BCUT2D eigenvalue weighted by Gasteiger charge is -2.09. The van der Waals surface area contributed by atoms with E-state index in [1.165, 1.54) is 0 Å². The number of hydrogen-bond acceptors (Lipinski definition) is 3. The van der Waals surface area contributed by atoms with E-state index in [9.17, 15) is 0 Å². The zero-order valence-corrected chi connectivity index (χ0v) is 10.6.